The molecule has 0 spiro atoms. The summed E-state index contributed by atoms with van der Waals surface area (Å²) in [5, 5.41) is 13.7. The molecule has 0 saturated heterocycles. The number of nitrogens with one attached hydrogen (secondary N) is 2. The van der Waals surface area contributed by atoms with Gasteiger partial charge in [0.05, 0.1) is 5.75 Å². The molecule has 2 amide bonds. The molecule has 106 valence electrons. The van der Waals surface area contributed by atoms with Gasteiger partial charge in [0.2, 0.25) is 0 Å². The zero-order chi connectivity index (χ0) is 14.3. The molecule has 3 N–H and O–H groups in total. The number of aliphatic carboxylic acids is 1. The third-order valence-corrected chi connectivity index (χ3v) is 3.35. The molecule has 0 aliphatic rings. The number of carboxylic acids is 1. The van der Waals surface area contributed by atoms with Gasteiger partial charge in [-0.15, -0.1) is 0 Å². The summed E-state index contributed by atoms with van der Waals surface area (Å²) in [6.45, 7) is 3.66. The number of carbonyl (C=O) groups is 2. The summed E-state index contributed by atoms with van der Waals surface area (Å²) in [5.41, 5.74) is 0. The molecule has 0 radical (unpaired) electrons. The molecule has 0 aromatic heterocycles. The molecule has 2 atom stereocenters. The van der Waals surface area contributed by atoms with E-state index in [1.165, 1.54) is 0 Å². The van der Waals surface area contributed by atoms with Crippen molar-refractivity contribution in [3.8, 4) is 0 Å². The van der Waals surface area contributed by atoms with Gasteiger partial charge >= 0.3 is 12.0 Å². The maximum Gasteiger partial charge on any atom is 0.326 e. The summed E-state index contributed by atoms with van der Waals surface area (Å²) >= 11 is 0. The molecular formula is C10H20N2O5S. The van der Waals surface area contributed by atoms with Gasteiger partial charge in [0.1, 0.15) is 15.9 Å². The molecular weight excluding hydrogens is 260 g/mol. The van der Waals surface area contributed by atoms with Gasteiger partial charge in [-0.25, -0.2) is 18.0 Å². The lowest BCUT2D eigenvalue weighted by Crippen LogP contribution is -2.48. The van der Waals surface area contributed by atoms with Crippen LogP contribution in [0.4, 0.5) is 4.79 Å². The second-order valence-corrected chi connectivity index (χ2v) is 6.50. The van der Waals surface area contributed by atoms with Crippen molar-refractivity contribution >= 4 is 21.8 Å². The van der Waals surface area contributed by atoms with Crippen LogP contribution in [-0.2, 0) is 14.6 Å². The predicted octanol–water partition coefficient (Wildman–Crippen LogP) is -0.0280. The lowest BCUT2D eigenvalue weighted by atomic mass is 10.2. The Bertz CT molecular complexity index is 393. The number of rotatable bonds is 7. The lowest BCUT2D eigenvalue weighted by molar-refractivity contribution is -0.139. The van der Waals surface area contributed by atoms with Crippen LogP contribution in [0.1, 0.15) is 26.7 Å². The minimum Gasteiger partial charge on any atom is -0.480 e. The van der Waals surface area contributed by atoms with Gasteiger partial charge < -0.3 is 15.7 Å². The van der Waals surface area contributed by atoms with Gasteiger partial charge in [-0.2, -0.15) is 0 Å². The summed E-state index contributed by atoms with van der Waals surface area (Å²) in [4.78, 5) is 22.3. The van der Waals surface area contributed by atoms with Crippen molar-refractivity contribution in [1.29, 1.82) is 0 Å². The maximum atomic E-state index is 11.4. The first-order valence-corrected chi connectivity index (χ1v) is 7.69. The van der Waals surface area contributed by atoms with E-state index in [1.54, 1.807) is 6.92 Å². The van der Waals surface area contributed by atoms with Crippen LogP contribution in [-0.4, -0.2) is 49.6 Å². The molecule has 0 saturated carbocycles. The van der Waals surface area contributed by atoms with Gasteiger partial charge in [-0.1, -0.05) is 6.92 Å². The average Bonchev–Trinajstić information content (AvgIpc) is 2.22. The largest absolute Gasteiger partial charge is 0.480 e. The molecule has 2 unspecified atom stereocenters. The summed E-state index contributed by atoms with van der Waals surface area (Å²) in [6.07, 6.45) is 1.59. The first kappa shape index (κ1) is 16.7. The van der Waals surface area contributed by atoms with Gasteiger partial charge in [0.15, 0.2) is 0 Å². The third kappa shape index (κ3) is 7.88. The highest BCUT2D eigenvalue weighted by molar-refractivity contribution is 7.90. The zero-order valence-corrected chi connectivity index (χ0v) is 11.6. The Kier molecular flexibility index (Phi) is 6.67. The highest BCUT2D eigenvalue weighted by Gasteiger charge is 2.21. The molecule has 0 fully saturated rings. The fourth-order valence-electron chi connectivity index (χ4n) is 1.12. The number of carboxylic acid groups (broad SMARTS) is 1. The molecule has 8 heteroatoms. The van der Waals surface area contributed by atoms with E-state index in [-0.39, 0.29) is 18.2 Å². The van der Waals surface area contributed by atoms with Crippen molar-refractivity contribution in [3.63, 3.8) is 0 Å². The van der Waals surface area contributed by atoms with E-state index >= 15 is 0 Å². The first-order chi connectivity index (χ1) is 8.15. The fraction of sp³-hybridized carbons (Fsp3) is 0.800. The minimum atomic E-state index is -3.25. The summed E-state index contributed by atoms with van der Waals surface area (Å²) < 4.78 is 21.9. The predicted molar refractivity (Wildman–Crippen MR) is 67.2 cm³/mol. The number of hydrogen-bond acceptors (Lipinski definition) is 4. The topological polar surface area (TPSA) is 113 Å². The van der Waals surface area contributed by atoms with Crippen molar-refractivity contribution in [2.24, 2.45) is 0 Å². The SMILES string of the molecule is CCC(C)NC(=O)NC(CCS(C)(=O)=O)C(=O)O. The van der Waals surface area contributed by atoms with E-state index in [9.17, 15) is 18.0 Å². The third-order valence-electron chi connectivity index (χ3n) is 2.37. The number of sulfone groups is 1. The minimum absolute atomic E-state index is 0.0747. The molecule has 0 heterocycles. The van der Waals surface area contributed by atoms with Crippen LogP contribution in [0, 0.1) is 0 Å². The first-order valence-electron chi connectivity index (χ1n) is 5.63. The average molecular weight is 280 g/mol. The Morgan fingerprint density at radius 2 is 1.83 bits per heavy atom. The lowest BCUT2D eigenvalue weighted by Gasteiger charge is -2.17. The zero-order valence-electron chi connectivity index (χ0n) is 10.8. The van der Waals surface area contributed by atoms with E-state index in [1.807, 2.05) is 6.92 Å². The van der Waals surface area contributed by atoms with Crippen LogP contribution in [0.25, 0.3) is 0 Å². The van der Waals surface area contributed by atoms with E-state index in [2.05, 4.69) is 10.6 Å². The number of urea groups is 1. The molecule has 0 aromatic carbocycles. The fourth-order valence-corrected chi connectivity index (χ4v) is 1.78. The Labute approximate surface area is 107 Å². The summed E-state index contributed by atoms with van der Waals surface area (Å²) in [6, 6.07) is -1.89. The van der Waals surface area contributed by atoms with Gasteiger partial charge in [-0.05, 0) is 19.8 Å². The summed E-state index contributed by atoms with van der Waals surface area (Å²) in [7, 11) is -3.25. The number of amides is 2. The van der Waals surface area contributed by atoms with E-state index in [0.717, 1.165) is 6.26 Å². The van der Waals surface area contributed by atoms with E-state index in [0.29, 0.717) is 6.42 Å². The molecule has 0 bridgehead atoms. The highest BCUT2D eigenvalue weighted by atomic mass is 32.2. The normalized spacial score (nSPS) is 14.6. The number of carbonyl (C=O) groups excluding carboxylic acids is 1. The quantitative estimate of drug-likeness (QED) is 0.606. The van der Waals surface area contributed by atoms with Gasteiger partial charge in [0, 0.05) is 12.3 Å². The highest BCUT2D eigenvalue weighted by Crippen LogP contribution is 1.97. The smallest absolute Gasteiger partial charge is 0.326 e. The Morgan fingerprint density at radius 1 is 1.28 bits per heavy atom. The van der Waals surface area contributed by atoms with Crippen molar-refractivity contribution in [3.05, 3.63) is 0 Å². The standard InChI is InChI=1S/C10H20N2O5S/c1-4-7(2)11-10(15)12-8(9(13)14)5-6-18(3,16)17/h7-8H,4-6H2,1-3H3,(H,13,14)(H2,11,12,15). The Morgan fingerprint density at radius 3 is 2.22 bits per heavy atom. The van der Waals surface area contributed by atoms with Gasteiger partial charge in [-0.3, -0.25) is 0 Å². The van der Waals surface area contributed by atoms with Crippen molar-refractivity contribution < 1.29 is 23.1 Å². The molecule has 18 heavy (non-hydrogen) atoms. The van der Waals surface area contributed by atoms with Crippen LogP contribution in [0.5, 0.6) is 0 Å². The maximum absolute atomic E-state index is 11.4. The van der Waals surface area contributed by atoms with Crippen molar-refractivity contribution in [1.82, 2.24) is 10.6 Å². The van der Waals surface area contributed by atoms with Crippen LogP contribution in [0.3, 0.4) is 0 Å². The Hall–Kier alpha value is -1.31. The Balaban J connectivity index is 4.36. The van der Waals surface area contributed by atoms with Crippen molar-refractivity contribution in [2.75, 3.05) is 12.0 Å². The van der Waals surface area contributed by atoms with Crippen molar-refractivity contribution in [2.45, 2.75) is 38.8 Å². The van der Waals surface area contributed by atoms with E-state index < -0.39 is 27.9 Å². The summed E-state index contributed by atoms with van der Waals surface area (Å²) in [5.74, 6) is -1.54. The molecule has 7 nitrogen and oxygen atoms in total. The number of hydrogen-bond donors (Lipinski definition) is 3. The van der Waals surface area contributed by atoms with E-state index in [4.69, 9.17) is 5.11 Å². The molecule has 0 aromatic rings. The van der Waals surface area contributed by atoms with Crippen LogP contribution in [0.2, 0.25) is 0 Å². The monoisotopic (exact) mass is 280 g/mol. The molecule has 0 rings (SSSR count). The van der Waals surface area contributed by atoms with Crippen LogP contribution < -0.4 is 10.6 Å². The van der Waals surface area contributed by atoms with Gasteiger partial charge in [0.25, 0.3) is 0 Å². The second kappa shape index (κ2) is 7.20. The van der Waals surface area contributed by atoms with Crippen LogP contribution >= 0.6 is 0 Å². The molecule has 0 aliphatic heterocycles. The molecule has 0 aliphatic carbocycles. The van der Waals surface area contributed by atoms with Crippen LogP contribution in [0.15, 0.2) is 0 Å². The second-order valence-electron chi connectivity index (χ2n) is 4.24.